The van der Waals surface area contributed by atoms with Crippen molar-refractivity contribution in [3.05, 3.63) is 29.8 Å². The van der Waals surface area contributed by atoms with Crippen molar-refractivity contribution in [1.82, 2.24) is 5.32 Å². The molecule has 1 atom stereocenters. The van der Waals surface area contributed by atoms with Crippen LogP contribution >= 0.6 is 23.5 Å². The lowest BCUT2D eigenvalue weighted by Crippen LogP contribution is -2.22. The Morgan fingerprint density at radius 3 is 3.20 bits per heavy atom. The molecule has 1 heterocycles. The van der Waals surface area contributed by atoms with Crippen LogP contribution in [-0.2, 0) is 0 Å². The summed E-state index contributed by atoms with van der Waals surface area (Å²) in [6.07, 6.45) is 3.44. The number of rotatable bonds is 5. The molecule has 0 saturated heterocycles. The van der Waals surface area contributed by atoms with Gasteiger partial charge in [0.1, 0.15) is 0 Å². The Labute approximate surface area is 100 Å². The van der Waals surface area contributed by atoms with E-state index in [1.807, 2.05) is 23.5 Å². The second kappa shape index (κ2) is 5.83. The topological polar surface area (TPSA) is 12.0 Å². The molecule has 0 aliphatic carbocycles. The van der Waals surface area contributed by atoms with Crippen LogP contribution in [0, 0.1) is 0 Å². The van der Waals surface area contributed by atoms with Crippen molar-refractivity contribution in [3.8, 4) is 0 Å². The van der Waals surface area contributed by atoms with Crippen LogP contribution in [0.1, 0.15) is 18.0 Å². The van der Waals surface area contributed by atoms with Gasteiger partial charge in [-0.3, -0.25) is 0 Å². The van der Waals surface area contributed by atoms with E-state index in [1.54, 1.807) is 0 Å². The number of hydrogen-bond acceptors (Lipinski definition) is 3. The maximum Gasteiger partial charge on any atom is 0.0426 e. The molecule has 15 heavy (non-hydrogen) atoms. The van der Waals surface area contributed by atoms with Crippen molar-refractivity contribution >= 4 is 23.5 Å². The van der Waals surface area contributed by atoms with Crippen LogP contribution in [0.15, 0.2) is 29.2 Å². The van der Waals surface area contributed by atoms with E-state index in [2.05, 4.69) is 35.8 Å². The molecule has 2 rings (SSSR count). The van der Waals surface area contributed by atoms with Gasteiger partial charge in [0.25, 0.3) is 0 Å². The predicted molar refractivity (Wildman–Crippen MR) is 70.9 cm³/mol. The highest BCUT2D eigenvalue weighted by molar-refractivity contribution is 7.99. The van der Waals surface area contributed by atoms with Crippen molar-refractivity contribution in [2.45, 2.75) is 17.4 Å². The molecule has 82 valence electrons. The number of benzene rings is 1. The van der Waals surface area contributed by atoms with Crippen LogP contribution in [0.25, 0.3) is 0 Å². The average Bonchev–Trinajstić information content (AvgIpc) is 2.68. The van der Waals surface area contributed by atoms with Gasteiger partial charge >= 0.3 is 0 Å². The summed E-state index contributed by atoms with van der Waals surface area (Å²) >= 11 is 3.90. The van der Waals surface area contributed by atoms with Gasteiger partial charge in [0, 0.05) is 16.7 Å². The first-order chi connectivity index (χ1) is 7.42. The SMILES string of the molecule is CSCCCNC1CSc2ccccc21. The average molecular weight is 239 g/mol. The molecule has 0 saturated carbocycles. The lowest BCUT2D eigenvalue weighted by molar-refractivity contribution is 0.581. The fraction of sp³-hybridized carbons (Fsp3) is 0.500. The van der Waals surface area contributed by atoms with E-state index in [0.717, 1.165) is 6.54 Å². The summed E-state index contributed by atoms with van der Waals surface area (Å²) in [6, 6.07) is 9.32. The number of hydrogen-bond donors (Lipinski definition) is 1. The van der Waals surface area contributed by atoms with Crippen LogP contribution in [-0.4, -0.2) is 24.3 Å². The molecule has 1 unspecified atom stereocenters. The summed E-state index contributed by atoms with van der Waals surface area (Å²) in [5, 5.41) is 3.64. The Morgan fingerprint density at radius 1 is 1.47 bits per heavy atom. The van der Waals surface area contributed by atoms with Gasteiger partial charge in [-0.15, -0.1) is 11.8 Å². The third-order valence-electron chi connectivity index (χ3n) is 2.62. The minimum atomic E-state index is 0.577. The molecule has 0 spiro atoms. The van der Waals surface area contributed by atoms with Crippen LogP contribution < -0.4 is 5.32 Å². The molecule has 1 aliphatic rings. The molecule has 0 aromatic heterocycles. The zero-order valence-electron chi connectivity index (χ0n) is 9.03. The van der Waals surface area contributed by atoms with E-state index in [-0.39, 0.29) is 0 Å². The van der Waals surface area contributed by atoms with E-state index in [1.165, 1.54) is 28.4 Å². The summed E-state index contributed by atoms with van der Waals surface area (Å²) in [7, 11) is 0. The van der Waals surface area contributed by atoms with E-state index >= 15 is 0 Å². The Hall–Kier alpha value is -0.120. The first kappa shape index (κ1) is 11.4. The third kappa shape index (κ3) is 2.92. The summed E-state index contributed by atoms with van der Waals surface area (Å²) in [4.78, 5) is 1.46. The highest BCUT2D eigenvalue weighted by Crippen LogP contribution is 2.37. The lowest BCUT2D eigenvalue weighted by atomic mass is 10.1. The molecule has 1 nitrogen and oxygen atoms in total. The first-order valence-corrected chi connectivity index (χ1v) is 7.74. The summed E-state index contributed by atoms with van der Waals surface area (Å²) < 4.78 is 0. The van der Waals surface area contributed by atoms with Gasteiger partial charge in [-0.25, -0.2) is 0 Å². The predicted octanol–water partition coefficient (Wildman–Crippen LogP) is 3.18. The van der Waals surface area contributed by atoms with Crippen molar-refractivity contribution < 1.29 is 0 Å². The second-order valence-corrected chi connectivity index (χ2v) is 5.75. The van der Waals surface area contributed by atoms with Crippen molar-refractivity contribution in [1.29, 1.82) is 0 Å². The molecule has 0 bridgehead atoms. The molecule has 0 fully saturated rings. The van der Waals surface area contributed by atoms with Gasteiger partial charge in [0.2, 0.25) is 0 Å². The first-order valence-electron chi connectivity index (χ1n) is 5.36. The second-order valence-electron chi connectivity index (χ2n) is 3.70. The smallest absolute Gasteiger partial charge is 0.0426 e. The molecule has 3 heteroatoms. The fourth-order valence-corrected chi connectivity index (χ4v) is 3.45. The summed E-state index contributed by atoms with van der Waals surface area (Å²) in [6.45, 7) is 1.14. The van der Waals surface area contributed by atoms with Gasteiger partial charge in [0.05, 0.1) is 0 Å². The maximum atomic E-state index is 3.64. The van der Waals surface area contributed by atoms with Crippen LogP contribution in [0.4, 0.5) is 0 Å². The Morgan fingerprint density at radius 2 is 2.33 bits per heavy atom. The highest BCUT2D eigenvalue weighted by Gasteiger charge is 2.21. The third-order valence-corrected chi connectivity index (χ3v) is 4.50. The number of nitrogens with one attached hydrogen (secondary N) is 1. The maximum absolute atomic E-state index is 3.64. The molecule has 0 amide bonds. The number of fused-ring (bicyclic) bond motifs is 1. The van der Waals surface area contributed by atoms with Crippen molar-refractivity contribution in [3.63, 3.8) is 0 Å². The number of thioether (sulfide) groups is 2. The van der Waals surface area contributed by atoms with Crippen molar-refractivity contribution in [2.75, 3.05) is 24.3 Å². The monoisotopic (exact) mass is 239 g/mol. The van der Waals surface area contributed by atoms with Crippen LogP contribution in [0.2, 0.25) is 0 Å². The van der Waals surface area contributed by atoms with Crippen LogP contribution in [0.3, 0.4) is 0 Å². The van der Waals surface area contributed by atoms with E-state index in [9.17, 15) is 0 Å². The minimum absolute atomic E-state index is 0.577. The molecule has 1 aromatic rings. The van der Waals surface area contributed by atoms with Crippen molar-refractivity contribution in [2.24, 2.45) is 0 Å². The van der Waals surface area contributed by atoms with Gasteiger partial charge < -0.3 is 5.32 Å². The molecule has 1 aliphatic heterocycles. The zero-order valence-corrected chi connectivity index (χ0v) is 10.7. The lowest BCUT2D eigenvalue weighted by Gasteiger charge is -2.12. The van der Waals surface area contributed by atoms with E-state index < -0.39 is 0 Å². The van der Waals surface area contributed by atoms with Gasteiger partial charge in [-0.1, -0.05) is 18.2 Å². The Kier molecular flexibility index (Phi) is 4.42. The molecule has 1 N–H and O–H groups in total. The fourth-order valence-electron chi connectivity index (χ4n) is 1.82. The van der Waals surface area contributed by atoms with Gasteiger partial charge in [-0.05, 0) is 36.6 Å². The zero-order chi connectivity index (χ0) is 10.5. The largest absolute Gasteiger partial charge is 0.309 e. The standard InChI is InChI=1S/C12H17NS2/c1-14-8-4-7-13-11-9-15-12-6-3-2-5-10(11)12/h2-3,5-6,11,13H,4,7-9H2,1H3. The Balaban J connectivity index is 1.85. The van der Waals surface area contributed by atoms with E-state index in [0.29, 0.717) is 6.04 Å². The Bertz CT molecular complexity index is 314. The highest BCUT2D eigenvalue weighted by atomic mass is 32.2. The summed E-state index contributed by atoms with van der Waals surface area (Å²) in [5.41, 5.74) is 1.49. The molecular formula is C12H17NS2. The van der Waals surface area contributed by atoms with Gasteiger partial charge in [0.15, 0.2) is 0 Å². The quantitative estimate of drug-likeness (QED) is 0.793. The summed E-state index contributed by atoms with van der Waals surface area (Å²) in [5.74, 6) is 2.45. The minimum Gasteiger partial charge on any atom is -0.309 e. The molecule has 0 radical (unpaired) electrons. The molecular weight excluding hydrogens is 222 g/mol. The van der Waals surface area contributed by atoms with Crippen LogP contribution in [0.5, 0.6) is 0 Å². The normalized spacial score (nSPS) is 19.1. The molecule has 1 aromatic carbocycles. The van der Waals surface area contributed by atoms with E-state index in [4.69, 9.17) is 0 Å². The van der Waals surface area contributed by atoms with Gasteiger partial charge in [-0.2, -0.15) is 11.8 Å².